The molecule has 1 aromatic heterocycles. The van der Waals surface area contributed by atoms with E-state index in [0.717, 1.165) is 19.0 Å². The minimum Gasteiger partial charge on any atom is -0.354 e. The summed E-state index contributed by atoms with van der Waals surface area (Å²) in [5.41, 5.74) is 1.43. The molecule has 94 valence electrons. The van der Waals surface area contributed by atoms with Gasteiger partial charge in [-0.25, -0.2) is 0 Å². The summed E-state index contributed by atoms with van der Waals surface area (Å²) in [5, 5.41) is 0. The van der Waals surface area contributed by atoms with Gasteiger partial charge in [-0.05, 0) is 36.6 Å². The van der Waals surface area contributed by atoms with E-state index < -0.39 is 0 Å². The van der Waals surface area contributed by atoms with E-state index in [2.05, 4.69) is 64.3 Å². The summed E-state index contributed by atoms with van der Waals surface area (Å²) >= 11 is 0. The van der Waals surface area contributed by atoms with Crippen LogP contribution >= 0.6 is 0 Å². The van der Waals surface area contributed by atoms with Crippen LogP contribution in [0.1, 0.15) is 12.0 Å². The van der Waals surface area contributed by atoms with Gasteiger partial charge in [-0.3, -0.25) is 4.90 Å². The Morgan fingerprint density at radius 2 is 1.78 bits per heavy atom. The predicted molar refractivity (Wildman–Crippen MR) is 74.3 cm³/mol. The molecule has 1 saturated heterocycles. The van der Waals surface area contributed by atoms with Gasteiger partial charge in [0.15, 0.2) is 0 Å². The molecule has 1 aromatic carbocycles. The number of benzene rings is 1. The number of aromatic nitrogens is 1. The van der Waals surface area contributed by atoms with Crippen molar-refractivity contribution in [2.75, 3.05) is 13.1 Å². The van der Waals surface area contributed by atoms with Crippen molar-refractivity contribution in [1.29, 1.82) is 0 Å². The molecule has 1 atom stereocenters. The molecular formula is C16H20N2. The molecule has 18 heavy (non-hydrogen) atoms. The maximum Gasteiger partial charge on any atom is 0.0260 e. The lowest BCUT2D eigenvalue weighted by atomic mass is 10.1. The van der Waals surface area contributed by atoms with Crippen molar-refractivity contribution in [2.24, 2.45) is 5.92 Å². The Balaban J connectivity index is 1.52. The van der Waals surface area contributed by atoms with Crippen molar-refractivity contribution in [3.05, 3.63) is 60.4 Å². The van der Waals surface area contributed by atoms with Crippen LogP contribution in [0.2, 0.25) is 0 Å². The van der Waals surface area contributed by atoms with Gasteiger partial charge in [-0.2, -0.15) is 0 Å². The number of likely N-dealkylation sites (tertiary alicyclic amines) is 1. The van der Waals surface area contributed by atoms with E-state index in [1.165, 1.54) is 25.1 Å². The minimum absolute atomic E-state index is 0.807. The standard InChI is InChI=1S/C16H20N2/c1-2-6-15(7-3-1)12-18-11-8-16(14-18)13-17-9-4-5-10-17/h1-7,9-10,16H,8,11-14H2. The zero-order valence-electron chi connectivity index (χ0n) is 10.7. The molecule has 1 unspecified atom stereocenters. The minimum atomic E-state index is 0.807. The molecule has 1 aliphatic heterocycles. The van der Waals surface area contributed by atoms with Gasteiger partial charge in [0.05, 0.1) is 0 Å². The molecule has 2 heteroatoms. The van der Waals surface area contributed by atoms with E-state index >= 15 is 0 Å². The van der Waals surface area contributed by atoms with Crippen LogP contribution in [0.15, 0.2) is 54.9 Å². The fourth-order valence-electron chi connectivity index (χ4n) is 2.84. The molecule has 2 heterocycles. The predicted octanol–water partition coefficient (Wildman–Crippen LogP) is 3.01. The van der Waals surface area contributed by atoms with Crippen LogP contribution in [0.4, 0.5) is 0 Å². The first-order valence-corrected chi connectivity index (χ1v) is 6.77. The molecule has 0 amide bonds. The Bertz CT molecular complexity index is 461. The first-order valence-electron chi connectivity index (χ1n) is 6.77. The van der Waals surface area contributed by atoms with E-state index in [1.54, 1.807) is 0 Å². The third-order valence-electron chi connectivity index (χ3n) is 3.75. The fraction of sp³-hybridized carbons (Fsp3) is 0.375. The van der Waals surface area contributed by atoms with Crippen molar-refractivity contribution >= 4 is 0 Å². The molecular weight excluding hydrogens is 220 g/mol. The van der Waals surface area contributed by atoms with E-state index in [1.807, 2.05) is 0 Å². The number of hydrogen-bond acceptors (Lipinski definition) is 1. The third-order valence-corrected chi connectivity index (χ3v) is 3.75. The molecule has 0 aliphatic carbocycles. The van der Waals surface area contributed by atoms with Gasteiger partial charge in [-0.1, -0.05) is 30.3 Å². The maximum atomic E-state index is 2.57. The average Bonchev–Trinajstić information content (AvgIpc) is 3.03. The van der Waals surface area contributed by atoms with Gasteiger partial charge in [0.25, 0.3) is 0 Å². The van der Waals surface area contributed by atoms with Crippen molar-refractivity contribution < 1.29 is 0 Å². The van der Waals surface area contributed by atoms with Crippen LogP contribution < -0.4 is 0 Å². The summed E-state index contributed by atoms with van der Waals surface area (Å²) in [5.74, 6) is 0.807. The Hall–Kier alpha value is -1.54. The number of hydrogen-bond donors (Lipinski definition) is 0. The largest absolute Gasteiger partial charge is 0.354 e. The molecule has 1 aliphatic rings. The normalized spacial score (nSPS) is 20.3. The van der Waals surface area contributed by atoms with Crippen molar-refractivity contribution in [2.45, 2.75) is 19.5 Å². The summed E-state index contributed by atoms with van der Waals surface area (Å²) in [6.45, 7) is 4.73. The molecule has 0 N–H and O–H groups in total. The fourth-order valence-corrected chi connectivity index (χ4v) is 2.84. The van der Waals surface area contributed by atoms with Crippen LogP contribution in [-0.2, 0) is 13.1 Å². The van der Waals surface area contributed by atoms with Crippen LogP contribution in [0.5, 0.6) is 0 Å². The second-order valence-electron chi connectivity index (χ2n) is 5.26. The molecule has 2 aromatic rings. The van der Waals surface area contributed by atoms with Gasteiger partial charge in [-0.15, -0.1) is 0 Å². The summed E-state index contributed by atoms with van der Waals surface area (Å²) < 4.78 is 2.30. The molecule has 0 saturated carbocycles. The lowest BCUT2D eigenvalue weighted by Gasteiger charge is -2.16. The summed E-state index contributed by atoms with van der Waals surface area (Å²) in [6.07, 6.45) is 5.66. The van der Waals surface area contributed by atoms with E-state index in [4.69, 9.17) is 0 Å². The van der Waals surface area contributed by atoms with Crippen LogP contribution in [-0.4, -0.2) is 22.6 Å². The Morgan fingerprint density at radius 3 is 2.56 bits per heavy atom. The van der Waals surface area contributed by atoms with Crippen LogP contribution in [0, 0.1) is 5.92 Å². The zero-order valence-corrected chi connectivity index (χ0v) is 10.7. The second kappa shape index (κ2) is 5.40. The first kappa shape index (κ1) is 11.5. The Labute approximate surface area is 109 Å². The highest BCUT2D eigenvalue weighted by Crippen LogP contribution is 2.20. The van der Waals surface area contributed by atoms with E-state index in [0.29, 0.717) is 0 Å². The van der Waals surface area contributed by atoms with Crippen LogP contribution in [0.3, 0.4) is 0 Å². The Kier molecular flexibility index (Phi) is 3.47. The highest BCUT2D eigenvalue weighted by atomic mass is 15.1. The SMILES string of the molecule is c1ccc(CN2CCC(Cn3cccc3)C2)cc1. The third kappa shape index (κ3) is 2.82. The molecule has 0 spiro atoms. The molecule has 2 nitrogen and oxygen atoms in total. The van der Waals surface area contributed by atoms with Crippen molar-refractivity contribution in [3.63, 3.8) is 0 Å². The van der Waals surface area contributed by atoms with Gasteiger partial charge in [0.2, 0.25) is 0 Å². The highest BCUT2D eigenvalue weighted by molar-refractivity contribution is 5.14. The first-order chi connectivity index (χ1) is 8.90. The lowest BCUT2D eigenvalue weighted by molar-refractivity contribution is 0.309. The van der Waals surface area contributed by atoms with Gasteiger partial charge < -0.3 is 4.57 Å². The van der Waals surface area contributed by atoms with Crippen molar-refractivity contribution in [3.8, 4) is 0 Å². The average molecular weight is 240 g/mol. The topological polar surface area (TPSA) is 8.17 Å². The summed E-state index contributed by atoms with van der Waals surface area (Å²) in [6, 6.07) is 15.0. The second-order valence-corrected chi connectivity index (χ2v) is 5.26. The Morgan fingerprint density at radius 1 is 1.00 bits per heavy atom. The molecule has 0 radical (unpaired) electrons. The molecule has 1 fully saturated rings. The van der Waals surface area contributed by atoms with E-state index in [9.17, 15) is 0 Å². The van der Waals surface area contributed by atoms with Gasteiger partial charge in [0.1, 0.15) is 0 Å². The zero-order chi connectivity index (χ0) is 12.2. The highest BCUT2D eigenvalue weighted by Gasteiger charge is 2.22. The lowest BCUT2D eigenvalue weighted by Crippen LogP contribution is -2.21. The van der Waals surface area contributed by atoms with Gasteiger partial charge in [0, 0.05) is 32.0 Å². The smallest absolute Gasteiger partial charge is 0.0260 e. The number of nitrogens with zero attached hydrogens (tertiary/aromatic N) is 2. The van der Waals surface area contributed by atoms with Gasteiger partial charge >= 0.3 is 0 Å². The van der Waals surface area contributed by atoms with Crippen LogP contribution in [0.25, 0.3) is 0 Å². The van der Waals surface area contributed by atoms with Crippen molar-refractivity contribution in [1.82, 2.24) is 9.47 Å². The summed E-state index contributed by atoms with van der Waals surface area (Å²) in [7, 11) is 0. The van der Waals surface area contributed by atoms with E-state index in [-0.39, 0.29) is 0 Å². The molecule has 3 rings (SSSR count). The number of rotatable bonds is 4. The maximum absolute atomic E-state index is 2.57. The summed E-state index contributed by atoms with van der Waals surface area (Å²) in [4.78, 5) is 2.57. The quantitative estimate of drug-likeness (QED) is 0.797. The molecule has 0 bridgehead atoms. The monoisotopic (exact) mass is 240 g/mol.